The fourth-order valence-electron chi connectivity index (χ4n) is 8.07. The van der Waals surface area contributed by atoms with E-state index in [0.717, 1.165) is 115 Å². The van der Waals surface area contributed by atoms with E-state index in [1.165, 1.54) is 166 Å². The van der Waals surface area contributed by atoms with Crippen LogP contribution in [0.1, 0.15) is 245 Å². The molecule has 0 unspecified atom stereocenters. The highest BCUT2D eigenvalue weighted by Crippen LogP contribution is 2.20. The molecule has 6 nitrogen and oxygen atoms in total. The molecule has 0 radical (unpaired) electrons. The highest BCUT2D eigenvalue weighted by Gasteiger charge is 2.17. The molecule has 1 rings (SSSR count). The highest BCUT2D eigenvalue weighted by atomic mass is 32.2. The summed E-state index contributed by atoms with van der Waals surface area (Å²) in [5.74, 6) is 1.82. The first kappa shape index (κ1) is 53.8. The molecule has 336 valence electrons. The maximum absolute atomic E-state index is 13.3. The van der Waals surface area contributed by atoms with E-state index in [-0.39, 0.29) is 17.3 Å². The largest absolute Gasteiger partial charge is 0.499 e. The topological polar surface area (TPSA) is 59.1 Å². The summed E-state index contributed by atoms with van der Waals surface area (Å²) in [5, 5.41) is 0.252. The Morgan fingerprint density at radius 2 is 1.02 bits per heavy atom. The van der Waals surface area contributed by atoms with Crippen LogP contribution in [-0.2, 0) is 14.3 Å². The van der Waals surface area contributed by atoms with E-state index in [1.54, 1.807) is 0 Å². The first-order valence-electron chi connectivity index (χ1n) is 25.1. The van der Waals surface area contributed by atoms with E-state index in [0.29, 0.717) is 6.42 Å². The number of rotatable bonds is 43. The molecular weight excluding hydrogens is 725 g/mol. The Balaban J connectivity index is 2.32. The third-order valence-electron chi connectivity index (χ3n) is 11.9. The molecule has 1 heterocycles. The number of thioether (sulfide) groups is 1. The van der Waals surface area contributed by atoms with Gasteiger partial charge in [-0.1, -0.05) is 180 Å². The molecule has 0 aliphatic carbocycles. The third-order valence-corrected chi connectivity index (χ3v) is 12.8. The summed E-state index contributed by atoms with van der Waals surface area (Å²) < 4.78 is 12.0. The lowest BCUT2D eigenvalue weighted by molar-refractivity contribution is -0.150. The zero-order chi connectivity index (χ0) is 41.3. The molecule has 7 heteroatoms. The number of hydrogen-bond donors (Lipinski definition) is 0. The van der Waals surface area contributed by atoms with Crippen molar-refractivity contribution in [2.24, 2.45) is 0 Å². The second kappa shape index (κ2) is 41.5. The van der Waals surface area contributed by atoms with Gasteiger partial charge in [-0.25, -0.2) is 0 Å². The third kappa shape index (κ3) is 35.3. The van der Waals surface area contributed by atoms with Crippen LogP contribution in [0.4, 0.5) is 4.79 Å². The summed E-state index contributed by atoms with van der Waals surface area (Å²) in [6.07, 6.45) is 41.9. The Kier molecular flexibility index (Phi) is 39.2. The van der Waals surface area contributed by atoms with E-state index < -0.39 is 0 Å². The maximum atomic E-state index is 13.3. The summed E-state index contributed by atoms with van der Waals surface area (Å²) in [7, 11) is 0. The van der Waals surface area contributed by atoms with Crippen LogP contribution in [0.25, 0.3) is 0 Å². The molecule has 0 bridgehead atoms. The molecule has 57 heavy (non-hydrogen) atoms. The Morgan fingerprint density at radius 3 is 1.56 bits per heavy atom. The van der Waals surface area contributed by atoms with Gasteiger partial charge in [-0.3, -0.25) is 9.59 Å². The molecule has 1 aliphatic heterocycles. The van der Waals surface area contributed by atoms with E-state index in [9.17, 15) is 9.59 Å². The Morgan fingerprint density at radius 1 is 0.579 bits per heavy atom. The van der Waals surface area contributed by atoms with Crippen molar-refractivity contribution in [1.82, 2.24) is 9.80 Å². The van der Waals surface area contributed by atoms with Gasteiger partial charge in [0.15, 0.2) is 0 Å². The molecule has 0 atom stereocenters. The van der Waals surface area contributed by atoms with E-state index in [4.69, 9.17) is 9.47 Å². The van der Waals surface area contributed by atoms with Gasteiger partial charge in [0.2, 0.25) is 0 Å². The van der Waals surface area contributed by atoms with Crippen molar-refractivity contribution in [3.05, 3.63) is 12.3 Å². The molecule has 0 aromatic heterocycles. The van der Waals surface area contributed by atoms with E-state index in [1.807, 2.05) is 0 Å². The van der Waals surface area contributed by atoms with Crippen molar-refractivity contribution in [3.8, 4) is 0 Å². The lowest BCUT2D eigenvalue weighted by Gasteiger charge is -2.23. The Labute approximate surface area is 359 Å². The smallest absolute Gasteiger partial charge is 0.306 e. The molecule has 1 saturated heterocycles. The maximum Gasteiger partial charge on any atom is 0.306 e. The summed E-state index contributed by atoms with van der Waals surface area (Å²) in [5.41, 5.74) is 0. The van der Waals surface area contributed by atoms with Gasteiger partial charge in [0.1, 0.15) is 6.10 Å². The van der Waals surface area contributed by atoms with Crippen molar-refractivity contribution in [3.63, 3.8) is 0 Å². The van der Waals surface area contributed by atoms with Crippen molar-refractivity contribution in [2.45, 2.75) is 252 Å². The summed E-state index contributed by atoms with van der Waals surface area (Å²) in [4.78, 5) is 30.8. The molecule has 0 saturated carbocycles. The lowest BCUT2D eigenvalue weighted by atomic mass is 10.0. The van der Waals surface area contributed by atoms with E-state index in [2.05, 4.69) is 37.1 Å². The SMILES string of the molecule is C=C(CCCCCN(CCCCCCCC(=O)OC(CCCCCCCC)CCCCCCCC)C(=O)SCCN1CCCC1)OCCCCCCCCCCC. The predicted octanol–water partition coefficient (Wildman–Crippen LogP) is 15.6. The molecule has 1 amide bonds. The van der Waals surface area contributed by atoms with Crippen LogP contribution >= 0.6 is 11.8 Å². The number of likely N-dealkylation sites (tertiary alicyclic amines) is 1. The molecule has 0 spiro atoms. The Bertz CT molecular complexity index is 895. The van der Waals surface area contributed by atoms with Crippen LogP contribution in [0.5, 0.6) is 0 Å². The quantitative estimate of drug-likeness (QED) is 0.0347. The van der Waals surface area contributed by atoms with Gasteiger partial charge in [0.05, 0.1) is 12.4 Å². The first-order chi connectivity index (χ1) is 28.0. The predicted molar refractivity (Wildman–Crippen MR) is 249 cm³/mol. The van der Waals surface area contributed by atoms with E-state index >= 15 is 0 Å². The van der Waals surface area contributed by atoms with Gasteiger partial charge in [-0.15, -0.1) is 0 Å². The molecule has 1 fully saturated rings. The number of ether oxygens (including phenoxy) is 2. The van der Waals surface area contributed by atoms with Gasteiger partial charge in [-0.2, -0.15) is 0 Å². The normalized spacial score (nSPS) is 13.1. The van der Waals surface area contributed by atoms with Crippen molar-refractivity contribution in [1.29, 1.82) is 0 Å². The molecule has 0 aromatic rings. The molecular formula is C50H96N2O4S. The summed E-state index contributed by atoms with van der Waals surface area (Å²) >= 11 is 1.52. The van der Waals surface area contributed by atoms with Gasteiger partial charge in [0, 0.05) is 38.2 Å². The molecule has 0 N–H and O–H groups in total. The van der Waals surface area contributed by atoms with Crippen LogP contribution in [-0.4, -0.2) is 72.2 Å². The minimum atomic E-state index is 0.00799. The number of hydrogen-bond acceptors (Lipinski definition) is 6. The number of carbonyl (C=O) groups excluding carboxylic acids is 2. The minimum absolute atomic E-state index is 0.00799. The summed E-state index contributed by atoms with van der Waals surface area (Å²) in [6, 6.07) is 0. The fourth-order valence-corrected chi connectivity index (χ4v) is 8.96. The van der Waals surface area contributed by atoms with Crippen LogP contribution in [0.2, 0.25) is 0 Å². The summed E-state index contributed by atoms with van der Waals surface area (Å²) in [6.45, 7) is 16.8. The van der Waals surface area contributed by atoms with Crippen LogP contribution in [0.15, 0.2) is 12.3 Å². The molecule has 0 aromatic carbocycles. The zero-order valence-corrected chi connectivity index (χ0v) is 39.2. The van der Waals surface area contributed by atoms with Crippen molar-refractivity contribution >= 4 is 23.0 Å². The van der Waals surface area contributed by atoms with Gasteiger partial charge >= 0.3 is 5.97 Å². The van der Waals surface area contributed by atoms with Crippen LogP contribution in [0, 0.1) is 0 Å². The Hall–Kier alpha value is -1.21. The number of unbranched alkanes of at least 4 members (excludes halogenated alkanes) is 24. The minimum Gasteiger partial charge on any atom is -0.499 e. The number of carbonyl (C=O) groups is 2. The lowest BCUT2D eigenvalue weighted by Crippen LogP contribution is -2.31. The number of esters is 1. The fraction of sp³-hybridized carbons (Fsp3) is 0.920. The van der Waals surface area contributed by atoms with Crippen LogP contribution < -0.4 is 0 Å². The number of allylic oxidation sites excluding steroid dienone is 1. The van der Waals surface area contributed by atoms with Crippen LogP contribution in [0.3, 0.4) is 0 Å². The average Bonchev–Trinajstić information content (AvgIpc) is 3.73. The average molecular weight is 821 g/mol. The second-order valence-electron chi connectivity index (χ2n) is 17.4. The monoisotopic (exact) mass is 821 g/mol. The van der Waals surface area contributed by atoms with Crippen molar-refractivity contribution in [2.75, 3.05) is 45.1 Å². The van der Waals surface area contributed by atoms with Gasteiger partial charge in [-0.05, 0) is 83.7 Å². The van der Waals surface area contributed by atoms with Gasteiger partial charge in [0.25, 0.3) is 5.24 Å². The highest BCUT2D eigenvalue weighted by molar-refractivity contribution is 8.13. The number of nitrogens with zero attached hydrogens (tertiary/aromatic N) is 2. The molecule has 1 aliphatic rings. The zero-order valence-electron chi connectivity index (χ0n) is 38.4. The standard InChI is InChI=1S/C50H96N2O4S/c1-5-8-11-14-17-18-19-25-35-45-55-47(4)36-27-26-32-43-52(50(54)57-46-44-51-40-33-34-41-51)42-31-24-20-23-30-39-49(53)56-48(37-28-21-15-12-9-6-2)38-29-22-16-13-10-7-3/h48H,4-46H2,1-3H3. The number of amides is 1. The first-order valence-corrected chi connectivity index (χ1v) is 26.1. The van der Waals surface area contributed by atoms with Gasteiger partial charge < -0.3 is 19.3 Å². The van der Waals surface area contributed by atoms with Crippen molar-refractivity contribution < 1.29 is 19.1 Å². The second-order valence-corrected chi connectivity index (χ2v) is 18.5.